The van der Waals surface area contributed by atoms with Crippen LogP contribution in [0.5, 0.6) is 0 Å². The van der Waals surface area contributed by atoms with Crippen LogP contribution >= 0.6 is 0 Å². The fourth-order valence-electron chi connectivity index (χ4n) is 10.7. The lowest BCUT2D eigenvalue weighted by Gasteiger charge is -2.31. The molecule has 0 amide bonds. The Balaban J connectivity index is 1.19. The van der Waals surface area contributed by atoms with Crippen molar-refractivity contribution < 1.29 is 0 Å². The smallest absolute Gasteiger partial charge is 0.148 e. The van der Waals surface area contributed by atoms with Crippen LogP contribution in [0.3, 0.4) is 0 Å². The van der Waals surface area contributed by atoms with Gasteiger partial charge in [-0.2, -0.15) is 0 Å². The van der Waals surface area contributed by atoms with Crippen molar-refractivity contribution in [1.29, 1.82) is 0 Å². The van der Waals surface area contributed by atoms with Gasteiger partial charge in [0.25, 0.3) is 0 Å². The highest BCUT2D eigenvalue weighted by Crippen LogP contribution is 2.58. The van der Waals surface area contributed by atoms with Gasteiger partial charge in [-0.3, -0.25) is 9.47 Å². The molecule has 0 saturated carbocycles. The second-order valence-electron chi connectivity index (χ2n) is 17.6. The molecule has 0 aliphatic heterocycles. The summed E-state index contributed by atoms with van der Waals surface area (Å²) >= 11 is 0. The quantitative estimate of drug-likeness (QED) is 0.174. The lowest BCUT2D eigenvalue weighted by atomic mass is 9.82. The Bertz CT molecular complexity index is 3280. The molecule has 0 unspecified atom stereocenters. The van der Waals surface area contributed by atoms with Crippen LogP contribution in [0.15, 0.2) is 188 Å². The summed E-state index contributed by atoms with van der Waals surface area (Å²) in [7, 11) is 0. The summed E-state index contributed by atoms with van der Waals surface area (Å²) < 4.78 is 2.37. The van der Waals surface area contributed by atoms with Crippen LogP contribution in [0.25, 0.3) is 71.8 Å². The van der Waals surface area contributed by atoms with Crippen molar-refractivity contribution >= 4 is 49.8 Å². The third kappa shape index (κ3) is 4.81. The van der Waals surface area contributed by atoms with E-state index < -0.39 is 0 Å². The number of nitrogens with zero attached hydrogens (tertiary/aromatic N) is 3. The van der Waals surface area contributed by atoms with E-state index in [1.807, 2.05) is 0 Å². The molecule has 12 rings (SSSR count). The largest absolute Gasteiger partial charge is 0.294 e. The second-order valence-corrected chi connectivity index (χ2v) is 17.6. The predicted octanol–water partition coefficient (Wildman–Crippen LogP) is 15.1. The van der Waals surface area contributed by atoms with E-state index in [-0.39, 0.29) is 10.8 Å². The van der Waals surface area contributed by atoms with E-state index in [4.69, 9.17) is 4.98 Å². The minimum Gasteiger partial charge on any atom is -0.294 e. The van der Waals surface area contributed by atoms with E-state index in [1.165, 1.54) is 66.4 Å². The number of anilines is 3. The van der Waals surface area contributed by atoms with Crippen LogP contribution in [-0.4, -0.2) is 9.55 Å². The van der Waals surface area contributed by atoms with Gasteiger partial charge in [0.15, 0.2) is 0 Å². The highest BCUT2D eigenvalue weighted by atomic mass is 15.2. The topological polar surface area (TPSA) is 21.1 Å². The fourth-order valence-corrected chi connectivity index (χ4v) is 10.7. The molecule has 3 nitrogen and oxygen atoms in total. The Hall–Kier alpha value is -7.23. The van der Waals surface area contributed by atoms with Gasteiger partial charge in [-0.25, -0.2) is 4.98 Å². The number of aromatic nitrogens is 2. The molecule has 0 spiro atoms. The number of hydrogen-bond donors (Lipinski definition) is 0. The van der Waals surface area contributed by atoms with Crippen molar-refractivity contribution in [3.05, 3.63) is 210 Å². The number of benzene rings is 8. The molecular formula is C57H43N3. The molecule has 8 aromatic carbocycles. The summed E-state index contributed by atoms with van der Waals surface area (Å²) in [5.41, 5.74) is 17.0. The molecule has 286 valence electrons. The zero-order chi connectivity index (χ0) is 40.3. The van der Waals surface area contributed by atoms with E-state index >= 15 is 0 Å². The molecule has 2 aromatic heterocycles. The van der Waals surface area contributed by atoms with Crippen molar-refractivity contribution in [1.82, 2.24) is 9.55 Å². The standard InChI is InChI=1S/C57H43N3/c1-56(2)44-25-13-10-23-41(44)53-46(56)27-16-30-50(53)60(51-31-17-28-47-54(51)42-24-11-14-26-45(42)57(47,3)4)55-39-21-9-8-20-38(39)35-52(58-55)59-48-29-15-12-22-40(48)43-34-37(32-33-49(43)59)36-18-6-5-7-19-36/h5-35H,1-4H3. The Morgan fingerprint density at radius 2 is 0.950 bits per heavy atom. The van der Waals surface area contributed by atoms with Gasteiger partial charge in [-0.15, -0.1) is 0 Å². The molecule has 0 radical (unpaired) electrons. The maximum Gasteiger partial charge on any atom is 0.148 e. The van der Waals surface area contributed by atoms with E-state index in [0.717, 1.165) is 44.8 Å². The third-order valence-corrected chi connectivity index (χ3v) is 13.6. The maximum atomic E-state index is 5.90. The van der Waals surface area contributed by atoms with Crippen molar-refractivity contribution in [2.24, 2.45) is 0 Å². The first kappa shape index (κ1) is 34.8. The molecule has 2 aliphatic carbocycles. The lowest BCUT2D eigenvalue weighted by Crippen LogP contribution is -2.18. The maximum absolute atomic E-state index is 5.90. The first-order chi connectivity index (χ1) is 29.3. The first-order valence-electron chi connectivity index (χ1n) is 21.1. The number of fused-ring (bicyclic) bond motifs is 10. The molecule has 0 atom stereocenters. The molecular weight excluding hydrogens is 727 g/mol. The van der Waals surface area contributed by atoms with Gasteiger partial charge in [-0.1, -0.05) is 179 Å². The molecule has 3 heteroatoms. The minimum atomic E-state index is -0.167. The van der Waals surface area contributed by atoms with Crippen LogP contribution in [-0.2, 0) is 10.8 Å². The van der Waals surface area contributed by atoms with Gasteiger partial charge < -0.3 is 0 Å². The predicted molar refractivity (Wildman–Crippen MR) is 251 cm³/mol. The van der Waals surface area contributed by atoms with E-state index in [2.05, 4.69) is 225 Å². The SMILES string of the molecule is CC1(C)c2ccccc2-c2c(N(c3cccc4c3-c3ccccc3C4(C)C)c3nc(-n4c5ccccc5c5cc(-c6ccccc6)ccc54)cc4ccccc34)cccc21. The van der Waals surface area contributed by atoms with Crippen molar-refractivity contribution in [2.45, 2.75) is 38.5 Å². The number of rotatable bonds is 5. The highest BCUT2D eigenvalue weighted by Gasteiger charge is 2.41. The lowest BCUT2D eigenvalue weighted by molar-refractivity contribution is 0.660. The zero-order valence-electron chi connectivity index (χ0n) is 34.2. The van der Waals surface area contributed by atoms with Crippen molar-refractivity contribution in [3.63, 3.8) is 0 Å². The van der Waals surface area contributed by atoms with Gasteiger partial charge in [-0.05, 0) is 86.3 Å². The first-order valence-corrected chi connectivity index (χ1v) is 21.1. The Labute approximate surface area is 350 Å². The van der Waals surface area contributed by atoms with Crippen LogP contribution < -0.4 is 4.90 Å². The van der Waals surface area contributed by atoms with Crippen molar-refractivity contribution in [3.8, 4) is 39.2 Å². The summed E-state index contributed by atoms with van der Waals surface area (Å²) in [4.78, 5) is 8.40. The summed E-state index contributed by atoms with van der Waals surface area (Å²) in [6, 6.07) is 69.1. The second kappa shape index (κ2) is 12.6. The van der Waals surface area contributed by atoms with E-state index in [9.17, 15) is 0 Å². The average Bonchev–Trinajstić information content (AvgIpc) is 3.84. The average molecular weight is 770 g/mol. The summed E-state index contributed by atoms with van der Waals surface area (Å²) in [5.74, 6) is 1.79. The Kier molecular flexibility index (Phi) is 7.32. The molecule has 0 bridgehead atoms. The van der Waals surface area contributed by atoms with Gasteiger partial charge in [0.1, 0.15) is 11.6 Å². The van der Waals surface area contributed by atoms with Gasteiger partial charge in [0, 0.05) is 38.1 Å². The molecule has 0 saturated heterocycles. The molecule has 60 heavy (non-hydrogen) atoms. The van der Waals surface area contributed by atoms with Crippen LogP contribution in [0.1, 0.15) is 49.9 Å². The van der Waals surface area contributed by atoms with Crippen molar-refractivity contribution in [2.75, 3.05) is 4.90 Å². The highest BCUT2D eigenvalue weighted by molar-refractivity contribution is 6.11. The number of para-hydroxylation sites is 1. The Morgan fingerprint density at radius 3 is 1.62 bits per heavy atom. The number of hydrogen-bond acceptors (Lipinski definition) is 2. The summed E-state index contributed by atoms with van der Waals surface area (Å²) in [6.07, 6.45) is 0. The normalized spacial score (nSPS) is 14.3. The molecule has 2 heterocycles. The number of pyridine rings is 1. The molecule has 0 fully saturated rings. The van der Waals surface area contributed by atoms with Gasteiger partial charge >= 0.3 is 0 Å². The van der Waals surface area contributed by atoms with Crippen LogP contribution in [0.2, 0.25) is 0 Å². The van der Waals surface area contributed by atoms with E-state index in [1.54, 1.807) is 0 Å². The fraction of sp³-hybridized carbons (Fsp3) is 0.105. The molecule has 0 N–H and O–H groups in total. The van der Waals surface area contributed by atoms with Gasteiger partial charge in [0.2, 0.25) is 0 Å². The third-order valence-electron chi connectivity index (χ3n) is 13.6. The monoisotopic (exact) mass is 769 g/mol. The molecule has 2 aliphatic rings. The summed E-state index contributed by atoms with van der Waals surface area (Å²) in [6.45, 7) is 9.46. The summed E-state index contributed by atoms with van der Waals surface area (Å²) in [5, 5.41) is 4.65. The van der Waals surface area contributed by atoms with E-state index in [0.29, 0.717) is 0 Å². The Morgan fingerprint density at radius 1 is 0.417 bits per heavy atom. The van der Waals surface area contributed by atoms with Crippen LogP contribution in [0.4, 0.5) is 17.2 Å². The van der Waals surface area contributed by atoms with Gasteiger partial charge in [0.05, 0.1) is 22.4 Å². The minimum absolute atomic E-state index is 0.167. The van der Waals surface area contributed by atoms with Crippen LogP contribution in [0, 0.1) is 0 Å². The zero-order valence-corrected chi connectivity index (χ0v) is 34.2. The molecule has 10 aromatic rings.